The van der Waals surface area contributed by atoms with E-state index in [1.807, 2.05) is 54.6 Å². The summed E-state index contributed by atoms with van der Waals surface area (Å²) in [5.41, 5.74) is 8.00. The molecule has 8 aromatic rings. The Morgan fingerprint density at radius 3 is 1.76 bits per heavy atom. The molecule has 0 unspecified atom stereocenters. The van der Waals surface area contributed by atoms with Crippen LogP contribution in [0.3, 0.4) is 0 Å². The van der Waals surface area contributed by atoms with E-state index in [-0.39, 0.29) is 5.28 Å². The van der Waals surface area contributed by atoms with Gasteiger partial charge in [0.05, 0.1) is 0 Å². The van der Waals surface area contributed by atoms with Gasteiger partial charge in [-0.2, -0.15) is 9.97 Å². The molecule has 2 heterocycles. The first kappa shape index (κ1) is 24.5. The Morgan fingerprint density at radius 1 is 0.405 bits per heavy atom. The molecule has 2 aromatic heterocycles. The van der Waals surface area contributed by atoms with Crippen molar-refractivity contribution < 1.29 is 4.42 Å². The third kappa shape index (κ3) is 4.39. The van der Waals surface area contributed by atoms with Crippen LogP contribution in [0.25, 0.3) is 77.7 Å². The van der Waals surface area contributed by atoms with Crippen molar-refractivity contribution in [3.8, 4) is 45.0 Å². The molecule has 0 spiro atoms. The number of para-hydroxylation sites is 1. The molecule has 0 aliphatic carbocycles. The number of nitrogens with zero attached hydrogens (tertiary/aromatic N) is 3. The third-order valence-corrected chi connectivity index (χ3v) is 7.81. The molecule has 8 rings (SSSR count). The van der Waals surface area contributed by atoms with Crippen molar-refractivity contribution in [3.05, 3.63) is 139 Å². The topological polar surface area (TPSA) is 51.8 Å². The lowest BCUT2D eigenvalue weighted by Gasteiger charge is -2.09. The van der Waals surface area contributed by atoms with Gasteiger partial charge in [-0.1, -0.05) is 91.0 Å². The van der Waals surface area contributed by atoms with E-state index < -0.39 is 0 Å². The minimum atomic E-state index is 0.150. The van der Waals surface area contributed by atoms with Gasteiger partial charge in [-0.15, -0.1) is 0 Å². The van der Waals surface area contributed by atoms with Gasteiger partial charge in [-0.05, 0) is 87.1 Å². The molecule has 0 fully saturated rings. The minimum Gasteiger partial charge on any atom is -0.456 e. The molecule has 42 heavy (non-hydrogen) atoms. The minimum absolute atomic E-state index is 0.150. The summed E-state index contributed by atoms with van der Waals surface area (Å²) in [6.07, 6.45) is 0. The summed E-state index contributed by atoms with van der Waals surface area (Å²) in [7, 11) is 0. The summed E-state index contributed by atoms with van der Waals surface area (Å²) < 4.78 is 5.99. The summed E-state index contributed by atoms with van der Waals surface area (Å²) in [4.78, 5) is 13.8. The van der Waals surface area contributed by atoms with E-state index in [4.69, 9.17) is 21.0 Å². The lowest BCUT2D eigenvalue weighted by atomic mass is 9.97. The van der Waals surface area contributed by atoms with Crippen molar-refractivity contribution in [2.45, 2.75) is 0 Å². The summed E-state index contributed by atoms with van der Waals surface area (Å²) >= 11 is 6.44. The second kappa shape index (κ2) is 9.95. The molecular formula is C37H22ClN3O. The molecule has 0 atom stereocenters. The van der Waals surface area contributed by atoms with Crippen molar-refractivity contribution in [1.29, 1.82) is 0 Å². The quantitative estimate of drug-likeness (QED) is 0.215. The Bertz CT molecular complexity index is 2270. The van der Waals surface area contributed by atoms with Gasteiger partial charge in [-0.25, -0.2) is 4.98 Å². The van der Waals surface area contributed by atoms with E-state index in [1.54, 1.807) is 0 Å². The molecule has 0 saturated carbocycles. The van der Waals surface area contributed by atoms with Crippen LogP contribution < -0.4 is 0 Å². The van der Waals surface area contributed by atoms with Gasteiger partial charge in [0.1, 0.15) is 11.2 Å². The number of halogens is 1. The number of fused-ring (bicyclic) bond motifs is 4. The Labute approximate surface area is 246 Å². The molecule has 0 N–H and O–H groups in total. The molecule has 0 aliphatic rings. The average molecular weight is 560 g/mol. The standard InChI is InChI=1S/C37H22ClN3O/c38-37-40-35(39-36(41-37)30-17-18-34-32(22-30)31-11-4-5-12-33(31)42-34)29-10-6-9-24(21-29)26-15-16-27-19-25(13-14-28(27)20-26)23-7-2-1-3-8-23/h1-22H. The van der Waals surface area contributed by atoms with Crippen LogP contribution in [0.15, 0.2) is 138 Å². The van der Waals surface area contributed by atoms with Crippen LogP contribution in [-0.2, 0) is 0 Å². The molecule has 0 aliphatic heterocycles. The molecule has 0 saturated heterocycles. The van der Waals surface area contributed by atoms with E-state index >= 15 is 0 Å². The first-order valence-corrected chi connectivity index (χ1v) is 14.1. The van der Waals surface area contributed by atoms with Crippen LogP contribution >= 0.6 is 11.6 Å². The number of aromatic nitrogens is 3. The smallest absolute Gasteiger partial charge is 0.226 e. The van der Waals surface area contributed by atoms with Gasteiger partial charge in [0.2, 0.25) is 5.28 Å². The fourth-order valence-corrected chi connectivity index (χ4v) is 5.71. The second-order valence-corrected chi connectivity index (χ2v) is 10.6. The number of rotatable bonds is 4. The van der Waals surface area contributed by atoms with E-state index in [0.29, 0.717) is 11.6 Å². The highest BCUT2D eigenvalue weighted by Crippen LogP contribution is 2.33. The first-order valence-electron chi connectivity index (χ1n) is 13.7. The monoisotopic (exact) mass is 559 g/mol. The van der Waals surface area contributed by atoms with E-state index in [9.17, 15) is 0 Å². The molecule has 198 valence electrons. The molecule has 0 amide bonds. The molecule has 0 bridgehead atoms. The zero-order chi connectivity index (χ0) is 28.0. The largest absolute Gasteiger partial charge is 0.456 e. The predicted octanol–water partition coefficient (Wildman–Crippen LogP) is 10.2. The van der Waals surface area contributed by atoms with Gasteiger partial charge in [0, 0.05) is 21.9 Å². The highest BCUT2D eigenvalue weighted by Gasteiger charge is 2.13. The normalized spacial score (nSPS) is 11.5. The van der Waals surface area contributed by atoms with Crippen LogP contribution in [0.4, 0.5) is 0 Å². The van der Waals surface area contributed by atoms with Gasteiger partial charge in [0.25, 0.3) is 0 Å². The lowest BCUT2D eigenvalue weighted by Crippen LogP contribution is -1.97. The number of hydrogen-bond acceptors (Lipinski definition) is 4. The lowest BCUT2D eigenvalue weighted by molar-refractivity contribution is 0.669. The number of furan rings is 1. The average Bonchev–Trinajstić information content (AvgIpc) is 3.42. The van der Waals surface area contributed by atoms with Crippen molar-refractivity contribution in [2.24, 2.45) is 0 Å². The second-order valence-electron chi connectivity index (χ2n) is 10.3. The zero-order valence-electron chi connectivity index (χ0n) is 22.3. The molecule has 5 heteroatoms. The van der Waals surface area contributed by atoms with Crippen LogP contribution in [0, 0.1) is 0 Å². The highest BCUT2D eigenvalue weighted by atomic mass is 35.5. The number of hydrogen-bond donors (Lipinski definition) is 0. The summed E-state index contributed by atoms with van der Waals surface area (Å²) in [5.74, 6) is 1.04. The Hall–Kier alpha value is -5.32. The maximum atomic E-state index is 6.44. The molecule has 0 radical (unpaired) electrons. The Kier molecular flexibility index (Phi) is 5.80. The molecule has 6 aromatic carbocycles. The van der Waals surface area contributed by atoms with Crippen molar-refractivity contribution >= 4 is 44.3 Å². The summed E-state index contributed by atoms with van der Waals surface area (Å²) in [6.45, 7) is 0. The van der Waals surface area contributed by atoms with Crippen molar-refractivity contribution in [2.75, 3.05) is 0 Å². The van der Waals surface area contributed by atoms with E-state index in [2.05, 4.69) is 88.8 Å². The fraction of sp³-hybridized carbons (Fsp3) is 0. The Morgan fingerprint density at radius 2 is 0.976 bits per heavy atom. The van der Waals surface area contributed by atoms with E-state index in [1.165, 1.54) is 21.9 Å². The summed E-state index contributed by atoms with van der Waals surface area (Å²) in [6, 6.07) is 45.8. The molecule has 4 nitrogen and oxygen atoms in total. The predicted molar refractivity (Wildman–Crippen MR) is 171 cm³/mol. The van der Waals surface area contributed by atoms with Gasteiger partial charge >= 0.3 is 0 Å². The SMILES string of the molecule is Clc1nc(-c2cccc(-c3ccc4cc(-c5ccccc5)ccc4c3)c2)nc(-c2ccc3oc4ccccc4c3c2)n1. The maximum absolute atomic E-state index is 6.44. The van der Waals surface area contributed by atoms with Gasteiger partial charge < -0.3 is 4.42 Å². The zero-order valence-corrected chi connectivity index (χ0v) is 23.1. The highest BCUT2D eigenvalue weighted by molar-refractivity contribution is 6.28. The van der Waals surface area contributed by atoms with Crippen LogP contribution in [0.2, 0.25) is 5.28 Å². The Balaban J connectivity index is 1.16. The third-order valence-electron chi connectivity index (χ3n) is 7.64. The van der Waals surface area contributed by atoms with Crippen LogP contribution in [0.1, 0.15) is 0 Å². The van der Waals surface area contributed by atoms with Crippen LogP contribution in [-0.4, -0.2) is 15.0 Å². The van der Waals surface area contributed by atoms with Crippen molar-refractivity contribution in [1.82, 2.24) is 15.0 Å². The summed E-state index contributed by atoms with van der Waals surface area (Å²) in [5, 5.41) is 4.60. The van der Waals surface area contributed by atoms with Crippen molar-refractivity contribution in [3.63, 3.8) is 0 Å². The first-order chi connectivity index (χ1) is 20.7. The maximum Gasteiger partial charge on any atom is 0.226 e. The number of benzene rings is 6. The van der Waals surface area contributed by atoms with Crippen LogP contribution in [0.5, 0.6) is 0 Å². The van der Waals surface area contributed by atoms with E-state index in [0.717, 1.165) is 44.2 Å². The van der Waals surface area contributed by atoms with Gasteiger partial charge in [0.15, 0.2) is 11.6 Å². The fourth-order valence-electron chi connectivity index (χ4n) is 5.55. The van der Waals surface area contributed by atoms with Gasteiger partial charge in [-0.3, -0.25) is 0 Å². The molecular weight excluding hydrogens is 538 g/mol.